The second-order valence-electron chi connectivity index (χ2n) is 29.5. The molecule has 10 aliphatic rings. The molecule has 2 unspecified atom stereocenters. The summed E-state index contributed by atoms with van der Waals surface area (Å²) in [5.74, 6) is 0.0478. The third-order valence-corrected chi connectivity index (χ3v) is 23.8. The van der Waals surface area contributed by atoms with Crippen molar-refractivity contribution in [3.05, 3.63) is 154 Å². The van der Waals surface area contributed by atoms with Gasteiger partial charge < -0.3 is 58.7 Å². The number of nitrogens with zero attached hydrogens (tertiary/aromatic N) is 9. The van der Waals surface area contributed by atoms with Crippen LogP contribution in [0.2, 0.25) is 0 Å². The average Bonchev–Trinajstić information content (AvgIpc) is 1.58. The van der Waals surface area contributed by atoms with Gasteiger partial charge in [0, 0.05) is 122 Å². The summed E-state index contributed by atoms with van der Waals surface area (Å²) in [7, 11) is 0. The minimum absolute atomic E-state index is 0.0245. The lowest BCUT2D eigenvalue weighted by Gasteiger charge is -2.45. The maximum Gasteiger partial charge on any atom is 0.410 e. The van der Waals surface area contributed by atoms with Gasteiger partial charge in [0.1, 0.15) is 17.3 Å². The number of fused-ring (bicyclic) bond motifs is 8. The molecule has 1 N–H and O–H groups in total. The molecule has 5 amide bonds. The quantitative estimate of drug-likeness (QED) is 0.139. The van der Waals surface area contributed by atoms with Gasteiger partial charge in [-0.05, 0) is 253 Å². The lowest BCUT2D eigenvalue weighted by Crippen LogP contribution is -2.52. The molecule has 3 spiro atoms. The summed E-state index contributed by atoms with van der Waals surface area (Å²) in [6.45, 7) is 23.4. The highest BCUT2D eigenvalue weighted by atomic mass is 19.1. The molecule has 7 saturated heterocycles. The summed E-state index contributed by atoms with van der Waals surface area (Å²) >= 11 is 0. The maximum atomic E-state index is 14.4. The zero-order chi connectivity index (χ0) is 68.3. The molecular formula is C78H100F2N10O8. The maximum absolute atomic E-state index is 14.4. The number of pyridine rings is 1. The molecule has 524 valence electrons. The SMILES string of the molecule is CCOC(=O)N1C2CCC1CC(CN1CCC3(CC1)CNc1ccc(C)cc13)C2.CCOC(=O)N1CCC(N2CCC3(CC2)CN(C(=O)c2ccc(C)cc2)c2ccc(F)cc23)CC1.CCOC(=O)N1CCC(N2CCC3(CC2)CN(C(=O)c2ccccn2)c2ccc(F)cc23)CC1. The highest BCUT2D eigenvalue weighted by molar-refractivity contribution is 6.08. The third-order valence-electron chi connectivity index (χ3n) is 23.8. The second-order valence-corrected chi connectivity index (χ2v) is 29.5. The van der Waals surface area contributed by atoms with E-state index in [1.807, 2.05) is 62.9 Å². The van der Waals surface area contributed by atoms with Crippen LogP contribution in [0.5, 0.6) is 0 Å². The highest BCUT2D eigenvalue weighted by Gasteiger charge is 2.51. The van der Waals surface area contributed by atoms with Crippen LogP contribution in [0.3, 0.4) is 0 Å². The van der Waals surface area contributed by atoms with Crippen molar-refractivity contribution in [1.29, 1.82) is 0 Å². The van der Waals surface area contributed by atoms with Crippen molar-refractivity contribution >= 4 is 47.2 Å². The zero-order valence-electron chi connectivity index (χ0n) is 58.2. The van der Waals surface area contributed by atoms with E-state index in [9.17, 15) is 32.8 Å². The van der Waals surface area contributed by atoms with Gasteiger partial charge in [-0.2, -0.15) is 0 Å². The standard InChI is InChI=1S/C28H34FN3O3.C26H31FN4O3.C24H35N3O2/c1-3-35-27(34)31-14-10-23(11-15-31)30-16-12-28(13-17-30)19-32(25-9-8-22(29)18-24(25)28)26(33)21-6-4-20(2)5-7-21;1-2-34-25(33)30-13-8-20(9-14-30)29-15-10-26(11-16-29)18-31(23-7-6-19(27)17-21(23)26)24(32)22-5-3-4-12-28-22;1-3-29-23(28)27-19-5-6-20(27)14-18(13-19)15-26-10-8-24(9-11-26)16-25-22-7-4-17(2)12-21(22)24/h4-9,18,23H,3,10-17,19H2,1-2H3;3-7,12,17,20H,2,8-11,13-16,18H2,1H3;4,7,12,18-20,25H,3,5-6,8-11,13-16H2,1-2H3. The van der Waals surface area contributed by atoms with E-state index in [2.05, 4.69) is 55.0 Å². The van der Waals surface area contributed by atoms with Gasteiger partial charge in [0.25, 0.3) is 11.8 Å². The Bertz CT molecular complexity index is 3640. The molecule has 2 bridgehead atoms. The minimum atomic E-state index is -0.265. The van der Waals surface area contributed by atoms with Gasteiger partial charge in [0.15, 0.2) is 0 Å². The Morgan fingerprint density at radius 2 is 1.00 bits per heavy atom. The number of hydrogen-bond acceptors (Lipinski definition) is 13. The molecule has 5 aromatic rings. The number of amides is 5. The molecule has 0 saturated carbocycles. The van der Waals surface area contributed by atoms with Gasteiger partial charge in [-0.1, -0.05) is 41.5 Å². The summed E-state index contributed by atoms with van der Waals surface area (Å²) in [6.07, 6.45) is 15.5. The van der Waals surface area contributed by atoms with Crippen molar-refractivity contribution in [2.24, 2.45) is 5.92 Å². The number of benzene rings is 4. The fraction of sp³-hybridized carbons (Fsp3) is 0.564. The van der Waals surface area contributed by atoms with E-state index in [4.69, 9.17) is 14.2 Å². The zero-order valence-corrected chi connectivity index (χ0v) is 58.2. The molecular weight excluding hydrogens is 1240 g/mol. The number of carbonyl (C=O) groups excluding carboxylic acids is 5. The van der Waals surface area contributed by atoms with Gasteiger partial charge in [-0.15, -0.1) is 0 Å². The van der Waals surface area contributed by atoms with E-state index in [0.717, 1.165) is 157 Å². The van der Waals surface area contributed by atoms with Gasteiger partial charge in [-0.25, -0.2) is 23.2 Å². The van der Waals surface area contributed by atoms with Crippen LogP contribution < -0.4 is 15.1 Å². The number of rotatable bonds is 9. The number of aromatic nitrogens is 1. The van der Waals surface area contributed by atoms with Crippen LogP contribution in [0, 0.1) is 31.4 Å². The number of hydrogen-bond donors (Lipinski definition) is 1. The predicted octanol–water partition coefficient (Wildman–Crippen LogP) is 12.7. The number of aryl methyl sites for hydroxylation is 2. The Hall–Kier alpha value is -7.68. The number of carbonyl (C=O) groups is 5. The van der Waals surface area contributed by atoms with Crippen LogP contribution in [0.4, 0.5) is 40.2 Å². The molecule has 4 aromatic carbocycles. The Kier molecular flexibility index (Phi) is 20.8. The Labute approximate surface area is 577 Å². The summed E-state index contributed by atoms with van der Waals surface area (Å²) in [6, 6.07) is 31.2. The van der Waals surface area contributed by atoms with Crippen molar-refractivity contribution in [2.75, 3.05) is 127 Å². The van der Waals surface area contributed by atoms with Crippen LogP contribution in [-0.4, -0.2) is 200 Å². The van der Waals surface area contributed by atoms with E-state index in [0.29, 0.717) is 86.8 Å². The van der Waals surface area contributed by atoms with E-state index in [-0.39, 0.29) is 52.6 Å². The van der Waals surface area contributed by atoms with Gasteiger partial charge in [0.05, 0.1) is 19.8 Å². The van der Waals surface area contributed by atoms with Crippen LogP contribution in [-0.2, 0) is 30.5 Å². The molecule has 98 heavy (non-hydrogen) atoms. The molecule has 0 aliphatic carbocycles. The summed E-state index contributed by atoms with van der Waals surface area (Å²) in [5, 5.41) is 3.66. The van der Waals surface area contributed by atoms with Gasteiger partial charge in [-0.3, -0.25) is 14.6 Å². The van der Waals surface area contributed by atoms with Gasteiger partial charge in [0.2, 0.25) is 0 Å². The summed E-state index contributed by atoms with van der Waals surface area (Å²) in [5.41, 5.74) is 9.87. The number of likely N-dealkylation sites (tertiary alicyclic amines) is 5. The van der Waals surface area contributed by atoms with E-state index in [1.165, 1.54) is 55.9 Å². The Morgan fingerprint density at radius 3 is 1.50 bits per heavy atom. The molecule has 18 nitrogen and oxygen atoms in total. The molecule has 20 heteroatoms. The lowest BCUT2D eigenvalue weighted by molar-refractivity contribution is 0.0486. The first kappa shape index (κ1) is 68.8. The molecule has 10 aliphatic heterocycles. The van der Waals surface area contributed by atoms with Crippen LogP contribution in [0.1, 0.15) is 159 Å². The largest absolute Gasteiger partial charge is 0.450 e. The first-order valence-electron chi connectivity index (χ1n) is 36.5. The first-order chi connectivity index (χ1) is 47.5. The van der Waals surface area contributed by atoms with E-state index in [1.54, 1.807) is 62.9 Å². The fourth-order valence-electron chi connectivity index (χ4n) is 18.4. The van der Waals surface area contributed by atoms with Crippen molar-refractivity contribution in [3.63, 3.8) is 0 Å². The molecule has 0 radical (unpaired) electrons. The molecule has 15 rings (SSSR count). The smallest absolute Gasteiger partial charge is 0.410 e. The van der Waals surface area contributed by atoms with Gasteiger partial charge >= 0.3 is 18.3 Å². The minimum Gasteiger partial charge on any atom is -0.450 e. The third kappa shape index (κ3) is 14.3. The van der Waals surface area contributed by atoms with Crippen LogP contribution in [0.15, 0.2) is 103 Å². The molecule has 11 heterocycles. The van der Waals surface area contributed by atoms with Crippen molar-refractivity contribution < 1.29 is 47.0 Å². The molecule has 7 fully saturated rings. The van der Waals surface area contributed by atoms with Crippen LogP contribution in [0.25, 0.3) is 0 Å². The predicted molar refractivity (Wildman–Crippen MR) is 375 cm³/mol. The normalized spacial score (nSPS) is 23.3. The van der Waals surface area contributed by atoms with Crippen molar-refractivity contribution in [2.45, 2.75) is 165 Å². The van der Waals surface area contributed by atoms with E-state index < -0.39 is 0 Å². The first-order valence-corrected chi connectivity index (χ1v) is 36.5. The highest BCUT2D eigenvalue weighted by Crippen LogP contribution is 2.51. The number of ether oxygens (including phenoxy) is 3. The topological polar surface area (TPSA) is 164 Å². The van der Waals surface area contributed by atoms with E-state index >= 15 is 0 Å². The average molecular weight is 1340 g/mol. The lowest BCUT2D eigenvalue weighted by atomic mass is 9.74. The van der Waals surface area contributed by atoms with Crippen LogP contribution >= 0.6 is 0 Å². The van der Waals surface area contributed by atoms with Crippen molar-refractivity contribution in [3.8, 4) is 0 Å². The number of halogens is 2. The summed E-state index contributed by atoms with van der Waals surface area (Å²) < 4.78 is 44.3. The Balaban J connectivity index is 0.000000133. The fourth-order valence-corrected chi connectivity index (χ4v) is 18.4. The van der Waals surface area contributed by atoms with Crippen molar-refractivity contribution in [1.82, 2.24) is 34.4 Å². The Morgan fingerprint density at radius 1 is 0.510 bits per heavy atom. The second kappa shape index (κ2) is 29.6. The molecule has 2 atom stereocenters. The molecule has 1 aromatic heterocycles. The monoisotopic (exact) mass is 1340 g/mol. The number of nitrogens with one attached hydrogen (secondary N) is 1. The number of anilines is 3. The number of piperidine rings is 6. The summed E-state index contributed by atoms with van der Waals surface area (Å²) in [4.78, 5) is 84.4.